The smallest absolute Gasteiger partial charge is 0.338 e. The average Bonchev–Trinajstić information content (AvgIpc) is 3.07. The molecule has 0 aromatic heterocycles. The molecule has 1 aliphatic rings. The first-order valence-electron chi connectivity index (χ1n) is 16.6. The number of hydrogen-bond donors (Lipinski definition) is 2. The second kappa shape index (κ2) is 20.6. The fourth-order valence-electron chi connectivity index (χ4n) is 5.64. The first-order chi connectivity index (χ1) is 23.0. The van der Waals surface area contributed by atoms with E-state index in [9.17, 15) is 9.59 Å². The number of carbonyl (C=O) groups is 2. The quantitative estimate of drug-likeness (QED) is 0.124. The number of hydrogen-bond acceptors (Lipinski definition) is 8. The van der Waals surface area contributed by atoms with Gasteiger partial charge in [-0.1, -0.05) is 73.7 Å². The van der Waals surface area contributed by atoms with Crippen LogP contribution in [-0.2, 0) is 20.8 Å². The lowest BCUT2D eigenvalue weighted by atomic mass is 9.93. The lowest BCUT2D eigenvalue weighted by Crippen LogP contribution is -2.37. The Kier molecular flexibility index (Phi) is 17.0. The van der Waals surface area contributed by atoms with Crippen molar-refractivity contribution in [1.29, 1.82) is 0 Å². The Morgan fingerprint density at radius 1 is 0.958 bits per heavy atom. The van der Waals surface area contributed by atoms with Crippen molar-refractivity contribution in [3.63, 3.8) is 0 Å². The first kappa shape index (κ1) is 39.6. The van der Waals surface area contributed by atoms with Crippen LogP contribution < -0.4 is 11.1 Å². The predicted octanol–water partition coefficient (Wildman–Crippen LogP) is 9.35. The van der Waals surface area contributed by atoms with Gasteiger partial charge in [0.15, 0.2) is 0 Å². The number of carbonyl (C=O) groups excluding carboxylic acids is 2. The molecule has 0 radical (unpaired) electrons. The topological polar surface area (TPSA) is 97.1 Å². The lowest BCUT2D eigenvalue weighted by molar-refractivity contribution is -0.141. The van der Waals surface area contributed by atoms with Gasteiger partial charge in [-0.3, -0.25) is 14.6 Å². The van der Waals surface area contributed by atoms with Gasteiger partial charge in [0.25, 0.3) is 0 Å². The molecular weight excluding hydrogens is 715 g/mol. The number of esters is 2. The molecule has 0 spiro atoms. The normalized spacial score (nSPS) is 13.3. The zero-order chi connectivity index (χ0) is 35.1. The maximum absolute atomic E-state index is 12.8. The Balaban J connectivity index is 0.000000344. The Morgan fingerprint density at radius 2 is 1.58 bits per heavy atom. The van der Waals surface area contributed by atoms with E-state index in [1.165, 1.54) is 39.0 Å². The van der Waals surface area contributed by atoms with Gasteiger partial charge in [0.1, 0.15) is 13.2 Å². The number of nitrogen functional groups attached to an aromatic ring is 1. The zero-order valence-electron chi connectivity index (χ0n) is 28.4. The van der Waals surface area contributed by atoms with Crippen LogP contribution in [0.4, 0.5) is 17.1 Å². The van der Waals surface area contributed by atoms with Crippen molar-refractivity contribution in [2.24, 2.45) is 0 Å². The zero-order valence-corrected chi connectivity index (χ0v) is 31.5. The van der Waals surface area contributed by atoms with Crippen LogP contribution in [0.5, 0.6) is 0 Å². The highest BCUT2D eigenvalue weighted by atomic mass is 79.9. The van der Waals surface area contributed by atoms with E-state index >= 15 is 0 Å². The molecule has 0 amide bonds. The summed E-state index contributed by atoms with van der Waals surface area (Å²) < 4.78 is 11.3. The molecule has 48 heavy (non-hydrogen) atoms. The summed E-state index contributed by atoms with van der Waals surface area (Å²) in [6.45, 7) is 11.1. The molecule has 0 bridgehead atoms. The minimum atomic E-state index is -0.360. The van der Waals surface area contributed by atoms with Crippen LogP contribution in [0.2, 0.25) is 10.0 Å². The highest BCUT2D eigenvalue weighted by Crippen LogP contribution is 2.32. The third-order valence-corrected chi connectivity index (χ3v) is 9.64. The third-order valence-electron chi connectivity index (χ3n) is 8.35. The van der Waals surface area contributed by atoms with E-state index in [-0.39, 0.29) is 24.6 Å². The van der Waals surface area contributed by atoms with E-state index in [4.69, 9.17) is 38.4 Å². The molecule has 1 saturated carbocycles. The van der Waals surface area contributed by atoms with Crippen LogP contribution in [0.1, 0.15) is 75.7 Å². The van der Waals surface area contributed by atoms with Crippen LogP contribution in [0, 0.1) is 0 Å². The standard InChI is InChI=1S/C25H40BrN3O4.C12H9Cl2N/c1-5-28(22-9-7-6-8-10-22)17-21-15-20(16-23(26)24(21)27)25(31)33-14-12-29(18(2)3)11-13-32-19(4)30;13-10-7-4-8-11(14)12(10)15-9-5-2-1-3-6-9/h15-16,18,22H,5-14,17,27H2,1-4H3;1-8,15H. The van der Waals surface area contributed by atoms with Gasteiger partial charge in [0, 0.05) is 48.8 Å². The van der Waals surface area contributed by atoms with Crippen molar-refractivity contribution in [3.05, 3.63) is 86.3 Å². The van der Waals surface area contributed by atoms with Crippen molar-refractivity contribution >= 4 is 68.1 Å². The van der Waals surface area contributed by atoms with Gasteiger partial charge in [-0.25, -0.2) is 4.79 Å². The van der Waals surface area contributed by atoms with E-state index in [2.05, 4.69) is 51.8 Å². The van der Waals surface area contributed by atoms with Crippen molar-refractivity contribution < 1.29 is 19.1 Å². The Bertz CT molecular complexity index is 1430. The van der Waals surface area contributed by atoms with Gasteiger partial charge in [0.2, 0.25) is 0 Å². The van der Waals surface area contributed by atoms with Crippen LogP contribution in [0.15, 0.2) is 65.1 Å². The minimum absolute atomic E-state index is 0.247. The Morgan fingerprint density at radius 3 is 2.17 bits per heavy atom. The summed E-state index contributed by atoms with van der Waals surface area (Å²) in [4.78, 5) is 28.4. The second-order valence-electron chi connectivity index (χ2n) is 12.1. The van der Waals surface area contributed by atoms with E-state index in [0.717, 1.165) is 34.5 Å². The van der Waals surface area contributed by atoms with Gasteiger partial charge >= 0.3 is 11.9 Å². The number of nitrogens with zero attached hydrogens (tertiary/aromatic N) is 2. The van der Waals surface area contributed by atoms with Crippen LogP contribution in [0.25, 0.3) is 0 Å². The van der Waals surface area contributed by atoms with Crippen molar-refractivity contribution in [1.82, 2.24) is 9.80 Å². The molecule has 0 atom stereocenters. The van der Waals surface area contributed by atoms with Gasteiger partial charge < -0.3 is 20.5 Å². The molecule has 0 heterocycles. The van der Waals surface area contributed by atoms with Crippen molar-refractivity contribution in [2.45, 2.75) is 78.4 Å². The number of para-hydroxylation sites is 2. The number of ether oxygens (including phenoxy) is 2. The van der Waals surface area contributed by atoms with Crippen LogP contribution >= 0.6 is 39.1 Å². The molecule has 1 fully saturated rings. The van der Waals surface area contributed by atoms with E-state index < -0.39 is 0 Å². The Hall–Kier alpha value is -2.82. The maximum Gasteiger partial charge on any atom is 0.338 e. The first-order valence-corrected chi connectivity index (χ1v) is 18.2. The molecule has 0 unspecified atom stereocenters. The van der Waals surface area contributed by atoms with Crippen LogP contribution in [0.3, 0.4) is 0 Å². The summed E-state index contributed by atoms with van der Waals surface area (Å²) in [5, 5.41) is 4.41. The molecule has 262 valence electrons. The van der Waals surface area contributed by atoms with Crippen molar-refractivity contribution in [2.75, 3.05) is 43.9 Å². The van der Waals surface area contributed by atoms with E-state index in [1.807, 2.05) is 42.5 Å². The van der Waals surface area contributed by atoms with Gasteiger partial charge in [-0.05, 0) is 91.1 Å². The number of benzene rings is 3. The van der Waals surface area contributed by atoms with E-state index in [1.54, 1.807) is 18.2 Å². The second-order valence-corrected chi connectivity index (χ2v) is 13.7. The van der Waals surface area contributed by atoms with E-state index in [0.29, 0.717) is 47.0 Å². The molecule has 3 N–H and O–H groups in total. The number of nitrogens with two attached hydrogens (primary N) is 1. The highest BCUT2D eigenvalue weighted by molar-refractivity contribution is 9.10. The molecule has 0 saturated heterocycles. The monoisotopic (exact) mass is 762 g/mol. The molecular formula is C37H49BrCl2N4O4. The number of halogens is 3. The molecule has 8 nitrogen and oxygen atoms in total. The summed E-state index contributed by atoms with van der Waals surface area (Å²) in [5.41, 5.74) is 10.2. The van der Waals surface area contributed by atoms with Gasteiger partial charge in [-0.2, -0.15) is 0 Å². The molecule has 4 rings (SSSR count). The largest absolute Gasteiger partial charge is 0.465 e. The Labute approximate surface area is 304 Å². The lowest BCUT2D eigenvalue weighted by Gasteiger charge is -2.34. The SMILES string of the molecule is CCN(Cc1cc(C(=O)OCCN(CCOC(C)=O)C(C)C)cc(Br)c1N)C1CCCCC1.Clc1cccc(Cl)c1Nc1ccccc1. The van der Waals surface area contributed by atoms with Gasteiger partial charge in [-0.15, -0.1) is 0 Å². The summed E-state index contributed by atoms with van der Waals surface area (Å²) >= 11 is 15.6. The number of nitrogens with one attached hydrogen (secondary N) is 1. The molecule has 1 aliphatic carbocycles. The fraction of sp³-hybridized carbons (Fsp3) is 0.459. The molecule has 0 aliphatic heterocycles. The molecule has 3 aromatic carbocycles. The summed E-state index contributed by atoms with van der Waals surface area (Å²) in [7, 11) is 0. The summed E-state index contributed by atoms with van der Waals surface area (Å²) in [6, 6.07) is 19.6. The van der Waals surface area contributed by atoms with Crippen molar-refractivity contribution in [3.8, 4) is 0 Å². The summed E-state index contributed by atoms with van der Waals surface area (Å²) in [6.07, 6.45) is 6.32. The molecule has 11 heteroatoms. The highest BCUT2D eigenvalue weighted by Gasteiger charge is 2.22. The molecule has 3 aromatic rings. The third kappa shape index (κ3) is 12.9. The number of anilines is 3. The minimum Gasteiger partial charge on any atom is -0.465 e. The predicted molar refractivity (Wildman–Crippen MR) is 201 cm³/mol. The summed E-state index contributed by atoms with van der Waals surface area (Å²) in [5.74, 6) is -0.652. The van der Waals surface area contributed by atoms with Crippen LogP contribution in [-0.4, -0.2) is 66.7 Å². The average molecular weight is 765 g/mol. The fourth-order valence-corrected chi connectivity index (χ4v) is 6.64. The maximum atomic E-state index is 12.8. The number of rotatable bonds is 14. The van der Waals surface area contributed by atoms with Gasteiger partial charge in [0.05, 0.1) is 27.0 Å².